The van der Waals surface area contributed by atoms with Crippen LogP contribution < -0.4 is 5.32 Å². The van der Waals surface area contributed by atoms with Crippen molar-refractivity contribution >= 4 is 22.8 Å². The Hall–Kier alpha value is -3.02. The first-order valence-corrected chi connectivity index (χ1v) is 10.1. The Morgan fingerprint density at radius 1 is 1.17 bits per heavy atom. The van der Waals surface area contributed by atoms with Crippen molar-refractivity contribution < 1.29 is 18.4 Å². The Morgan fingerprint density at radius 2 is 1.97 bits per heavy atom. The molecule has 0 saturated carbocycles. The maximum Gasteiger partial charge on any atom is 0.286 e. The van der Waals surface area contributed by atoms with Gasteiger partial charge in [-0.05, 0) is 61.9 Å². The zero-order chi connectivity index (χ0) is 20.4. The second-order valence-electron chi connectivity index (χ2n) is 7.90. The average molecular weight is 394 g/mol. The molecule has 1 fully saturated rings. The van der Waals surface area contributed by atoms with Crippen molar-refractivity contribution in [1.82, 2.24) is 10.2 Å². The number of carbonyl (C=O) groups is 2. The second-order valence-corrected chi connectivity index (χ2v) is 7.90. The van der Waals surface area contributed by atoms with Gasteiger partial charge in [0.05, 0.1) is 18.9 Å². The summed E-state index contributed by atoms with van der Waals surface area (Å²) in [6.07, 6.45) is 5.33. The fraction of sp³-hybridized carbons (Fsp3) is 0.391. The number of likely N-dealkylation sites (tertiary alicyclic amines) is 1. The molecule has 2 aromatic heterocycles. The number of aryl methyl sites for hydroxylation is 2. The molecule has 1 aliphatic rings. The molecular formula is C23H26N2O4. The van der Waals surface area contributed by atoms with Crippen molar-refractivity contribution in [2.45, 2.75) is 33.1 Å². The minimum Gasteiger partial charge on any atom is -0.464 e. The van der Waals surface area contributed by atoms with Crippen molar-refractivity contribution in [3.8, 4) is 0 Å². The fourth-order valence-electron chi connectivity index (χ4n) is 4.15. The van der Waals surface area contributed by atoms with Crippen LogP contribution in [-0.4, -0.2) is 36.3 Å². The third kappa shape index (κ3) is 4.21. The van der Waals surface area contributed by atoms with Gasteiger partial charge in [0.1, 0.15) is 5.58 Å². The first kappa shape index (κ1) is 19.3. The summed E-state index contributed by atoms with van der Waals surface area (Å²) >= 11 is 0. The van der Waals surface area contributed by atoms with E-state index >= 15 is 0 Å². The van der Waals surface area contributed by atoms with E-state index in [0.29, 0.717) is 37.7 Å². The number of amides is 2. The van der Waals surface area contributed by atoms with Crippen LogP contribution in [-0.2, 0) is 11.2 Å². The van der Waals surface area contributed by atoms with Gasteiger partial charge in [-0.3, -0.25) is 9.59 Å². The molecule has 1 aromatic carbocycles. The molecule has 3 heterocycles. The molecule has 152 valence electrons. The minimum atomic E-state index is -0.189. The summed E-state index contributed by atoms with van der Waals surface area (Å²) in [5.41, 5.74) is 4.10. The van der Waals surface area contributed by atoms with Crippen LogP contribution in [0, 0.1) is 19.8 Å². The summed E-state index contributed by atoms with van der Waals surface area (Å²) in [4.78, 5) is 26.7. The van der Waals surface area contributed by atoms with Crippen LogP contribution in [0.1, 0.15) is 40.1 Å². The normalized spacial score (nSPS) is 15.0. The summed E-state index contributed by atoms with van der Waals surface area (Å²) in [7, 11) is 0. The SMILES string of the molecule is Cc1cc(C)c2c(CC(=O)N3CCC(CNC(=O)c4ccco4)CC3)coc2c1. The lowest BCUT2D eigenvalue weighted by Crippen LogP contribution is -2.42. The standard InChI is InChI=1S/C23H26N2O4/c1-15-10-16(2)22-18(14-29-20(22)11-15)12-21(26)25-7-5-17(6-8-25)13-24-23(27)19-4-3-9-28-19/h3-4,9-11,14,17H,5-8,12-13H2,1-2H3,(H,24,27). The molecule has 6 heteroatoms. The maximum absolute atomic E-state index is 12.8. The van der Waals surface area contributed by atoms with E-state index in [2.05, 4.69) is 18.3 Å². The zero-order valence-corrected chi connectivity index (χ0v) is 16.9. The quantitative estimate of drug-likeness (QED) is 0.713. The van der Waals surface area contributed by atoms with E-state index in [1.165, 1.54) is 6.26 Å². The first-order chi connectivity index (χ1) is 14.0. The van der Waals surface area contributed by atoms with Gasteiger partial charge in [-0.1, -0.05) is 6.07 Å². The van der Waals surface area contributed by atoms with Gasteiger partial charge in [0.25, 0.3) is 5.91 Å². The van der Waals surface area contributed by atoms with E-state index in [0.717, 1.165) is 40.5 Å². The second kappa shape index (κ2) is 8.15. The van der Waals surface area contributed by atoms with Gasteiger partial charge in [-0.15, -0.1) is 0 Å². The van der Waals surface area contributed by atoms with E-state index in [4.69, 9.17) is 8.83 Å². The van der Waals surface area contributed by atoms with Gasteiger partial charge in [-0.2, -0.15) is 0 Å². The van der Waals surface area contributed by atoms with E-state index in [1.807, 2.05) is 17.9 Å². The topological polar surface area (TPSA) is 75.7 Å². The van der Waals surface area contributed by atoms with E-state index in [-0.39, 0.29) is 11.8 Å². The molecule has 4 rings (SSSR count). The van der Waals surface area contributed by atoms with Gasteiger partial charge in [0.2, 0.25) is 5.91 Å². The smallest absolute Gasteiger partial charge is 0.286 e. The van der Waals surface area contributed by atoms with E-state index in [1.54, 1.807) is 18.4 Å². The number of hydrogen-bond acceptors (Lipinski definition) is 4. The molecule has 1 aliphatic heterocycles. The highest BCUT2D eigenvalue weighted by atomic mass is 16.3. The van der Waals surface area contributed by atoms with Gasteiger partial charge >= 0.3 is 0 Å². The number of carbonyl (C=O) groups excluding carboxylic acids is 2. The number of nitrogens with zero attached hydrogens (tertiary/aromatic N) is 1. The third-order valence-corrected chi connectivity index (χ3v) is 5.70. The number of hydrogen-bond donors (Lipinski definition) is 1. The predicted octanol–water partition coefficient (Wildman–Crippen LogP) is 3.85. The minimum absolute atomic E-state index is 0.130. The maximum atomic E-state index is 12.8. The molecule has 2 amide bonds. The molecule has 3 aromatic rings. The highest BCUT2D eigenvalue weighted by Crippen LogP contribution is 2.27. The Kier molecular flexibility index (Phi) is 5.43. The third-order valence-electron chi connectivity index (χ3n) is 5.70. The predicted molar refractivity (Wildman–Crippen MR) is 110 cm³/mol. The van der Waals surface area contributed by atoms with E-state index < -0.39 is 0 Å². The lowest BCUT2D eigenvalue weighted by Gasteiger charge is -2.32. The van der Waals surface area contributed by atoms with E-state index in [9.17, 15) is 9.59 Å². The first-order valence-electron chi connectivity index (χ1n) is 10.1. The Morgan fingerprint density at radius 3 is 2.69 bits per heavy atom. The lowest BCUT2D eigenvalue weighted by atomic mass is 9.96. The van der Waals surface area contributed by atoms with Crippen LogP contribution in [0.2, 0.25) is 0 Å². The van der Waals surface area contributed by atoms with Gasteiger partial charge in [-0.25, -0.2) is 0 Å². The largest absolute Gasteiger partial charge is 0.464 e. The molecule has 1 saturated heterocycles. The van der Waals surface area contributed by atoms with Gasteiger partial charge in [0.15, 0.2) is 5.76 Å². The molecular weight excluding hydrogens is 368 g/mol. The lowest BCUT2D eigenvalue weighted by molar-refractivity contribution is -0.131. The van der Waals surface area contributed by atoms with Crippen molar-refractivity contribution in [3.63, 3.8) is 0 Å². The van der Waals surface area contributed by atoms with Crippen LogP contribution in [0.4, 0.5) is 0 Å². The summed E-state index contributed by atoms with van der Waals surface area (Å²) in [6, 6.07) is 7.48. The number of rotatable bonds is 5. The van der Waals surface area contributed by atoms with Crippen LogP contribution in [0.25, 0.3) is 11.0 Å². The molecule has 6 nitrogen and oxygen atoms in total. The van der Waals surface area contributed by atoms with Gasteiger partial charge in [0, 0.05) is 30.6 Å². The highest BCUT2D eigenvalue weighted by Gasteiger charge is 2.24. The molecule has 0 atom stereocenters. The highest BCUT2D eigenvalue weighted by molar-refractivity contribution is 5.91. The van der Waals surface area contributed by atoms with Crippen LogP contribution >= 0.6 is 0 Å². The molecule has 0 radical (unpaired) electrons. The van der Waals surface area contributed by atoms with Gasteiger partial charge < -0.3 is 19.1 Å². The van der Waals surface area contributed by atoms with Crippen molar-refractivity contribution in [2.75, 3.05) is 19.6 Å². The zero-order valence-electron chi connectivity index (χ0n) is 16.9. The van der Waals surface area contributed by atoms with Crippen LogP contribution in [0.5, 0.6) is 0 Å². The van der Waals surface area contributed by atoms with Crippen molar-refractivity contribution in [3.05, 3.63) is 59.2 Å². The number of benzene rings is 1. The monoisotopic (exact) mass is 394 g/mol. The summed E-state index contributed by atoms with van der Waals surface area (Å²) < 4.78 is 10.8. The molecule has 0 unspecified atom stereocenters. The molecule has 0 spiro atoms. The van der Waals surface area contributed by atoms with Crippen molar-refractivity contribution in [1.29, 1.82) is 0 Å². The van der Waals surface area contributed by atoms with Crippen molar-refractivity contribution in [2.24, 2.45) is 5.92 Å². The molecule has 1 N–H and O–H groups in total. The average Bonchev–Trinajstić information content (AvgIpc) is 3.37. The molecule has 29 heavy (non-hydrogen) atoms. The number of fused-ring (bicyclic) bond motifs is 1. The summed E-state index contributed by atoms with van der Waals surface area (Å²) in [6.45, 7) is 6.14. The summed E-state index contributed by atoms with van der Waals surface area (Å²) in [5, 5.41) is 3.97. The number of furan rings is 2. The Balaban J connectivity index is 1.30. The number of piperidine rings is 1. The number of nitrogens with one attached hydrogen (secondary N) is 1. The molecule has 0 aliphatic carbocycles. The summed E-state index contributed by atoms with van der Waals surface area (Å²) in [5.74, 6) is 0.644. The fourth-order valence-corrected chi connectivity index (χ4v) is 4.15. The van der Waals surface area contributed by atoms with Crippen LogP contribution in [0.3, 0.4) is 0 Å². The molecule has 0 bridgehead atoms. The Labute approximate surface area is 169 Å². The van der Waals surface area contributed by atoms with Crippen LogP contribution in [0.15, 0.2) is 45.6 Å². The Bertz CT molecular complexity index is 1010.